The van der Waals surface area contributed by atoms with Crippen LogP contribution >= 0.6 is 0 Å². The normalized spacial score (nSPS) is 32.4. The maximum absolute atomic E-state index is 12.9. The maximum Gasteiger partial charge on any atom is 0.187 e. The molecule has 6 heterocycles. The molecule has 712 valence electrons. The standard InChI is InChI=1S/C100H120N6O27/c1-115-96-80(105-106-102)94(133-100-88(114)86(112)90(74(129-100)59-119-52-67-39-21-7-22-40-67)131-98-79(104-48-63-31-13-3-14-32-63)84(110)82(108)72(125-98)57-117-50-65-35-17-5-18-36-65)91(121-54-69-43-25-9-26-44-69)76(127-96)61-123-95-77(101)93(122-55-70-45-27-10-28-46-70)92(75(126-95)60-120-53-68-41-23-8-24-42-68)132-99-87(113)85(111)89(73(128-99)58-118-51-66-37-19-6-20-38-66)130-97-78(103-47-62-29-11-2-12-30-62)83(109)81(107)71(124-97)56-116-49-64-33-15-4-16-34-64/h2-46,71-100,103-104,107-114H,47-61,101H2,1H3/t71-,72-,73-,74-,75-,76-,77-,78-,79-,80-,81-,82-,83-,84-,85-,86-,87-,88-,89+,90+,91+,92-,93-,94-,95-,96+,97-,98-,99+,100+/m1/s1. The van der Waals surface area contributed by atoms with Crippen molar-refractivity contribution in [2.24, 2.45) is 10.8 Å². The van der Waals surface area contributed by atoms with Crippen LogP contribution in [0, 0.1) is 0 Å². The van der Waals surface area contributed by atoms with Crippen molar-refractivity contribution in [3.05, 3.63) is 334 Å². The lowest BCUT2D eigenvalue weighted by Gasteiger charge is -2.50. The number of nitrogens with zero attached hydrogens (tertiary/aromatic N) is 3. The highest BCUT2D eigenvalue weighted by molar-refractivity contribution is 5.22. The van der Waals surface area contributed by atoms with E-state index in [-0.39, 0.29) is 92.4 Å². The molecule has 9 aromatic carbocycles. The number of ether oxygens (including phenoxy) is 19. The molecule has 6 aliphatic heterocycles. The van der Waals surface area contributed by atoms with Gasteiger partial charge in [-0.2, -0.15) is 0 Å². The van der Waals surface area contributed by atoms with E-state index in [1.54, 1.807) is 0 Å². The highest BCUT2D eigenvalue weighted by Gasteiger charge is 2.58. The molecular weight excluding hydrogens is 1720 g/mol. The molecule has 12 N–H and O–H groups in total. The van der Waals surface area contributed by atoms with Gasteiger partial charge < -0.3 is 147 Å². The van der Waals surface area contributed by atoms with Crippen LogP contribution in [0.15, 0.2) is 278 Å². The first-order valence-corrected chi connectivity index (χ1v) is 45.0. The summed E-state index contributed by atoms with van der Waals surface area (Å²) < 4.78 is 127. The molecule has 33 nitrogen and oxygen atoms in total. The van der Waals surface area contributed by atoms with E-state index >= 15 is 0 Å². The first kappa shape index (κ1) is 98.6. The molecular formula is C100H120N6O27. The fraction of sp³-hybridized carbons (Fsp3) is 0.460. The summed E-state index contributed by atoms with van der Waals surface area (Å²) in [6.07, 6.45) is -39.3. The van der Waals surface area contributed by atoms with E-state index in [1.165, 1.54) is 7.11 Å². The number of rotatable bonds is 45. The fourth-order valence-corrected chi connectivity index (χ4v) is 17.1. The van der Waals surface area contributed by atoms with Gasteiger partial charge in [-0.3, -0.25) is 0 Å². The van der Waals surface area contributed by atoms with E-state index in [9.17, 15) is 46.4 Å². The summed E-state index contributed by atoms with van der Waals surface area (Å²) in [5, 5.41) is 110. The fourth-order valence-electron chi connectivity index (χ4n) is 17.1. The van der Waals surface area contributed by atoms with Gasteiger partial charge in [-0.15, -0.1) is 0 Å². The minimum Gasteiger partial charge on any atom is -0.388 e. The van der Waals surface area contributed by atoms with E-state index in [2.05, 4.69) is 20.7 Å². The predicted octanol–water partition coefficient (Wildman–Crippen LogP) is 7.00. The average molecular weight is 1840 g/mol. The number of hydrogen-bond acceptors (Lipinski definition) is 31. The van der Waals surface area contributed by atoms with Crippen LogP contribution in [0.2, 0.25) is 0 Å². The third-order valence-corrected chi connectivity index (χ3v) is 24.3. The maximum atomic E-state index is 12.9. The van der Waals surface area contributed by atoms with Gasteiger partial charge in [0.05, 0.1) is 104 Å². The van der Waals surface area contributed by atoms with Gasteiger partial charge in [0, 0.05) is 25.1 Å². The van der Waals surface area contributed by atoms with E-state index < -0.39 is 191 Å². The molecule has 15 rings (SSSR count). The number of aliphatic hydroxyl groups is 8. The van der Waals surface area contributed by atoms with Crippen LogP contribution in [0.4, 0.5) is 0 Å². The van der Waals surface area contributed by atoms with Gasteiger partial charge >= 0.3 is 0 Å². The van der Waals surface area contributed by atoms with Crippen LogP contribution in [-0.2, 0) is 149 Å². The summed E-state index contributed by atoms with van der Waals surface area (Å²) >= 11 is 0. The summed E-state index contributed by atoms with van der Waals surface area (Å²) in [7, 11) is 1.32. The zero-order chi connectivity index (χ0) is 92.2. The summed E-state index contributed by atoms with van der Waals surface area (Å²) in [5.41, 5.74) is 25.2. The van der Waals surface area contributed by atoms with E-state index in [0.29, 0.717) is 5.56 Å². The number of methoxy groups -OCH3 is 1. The molecule has 0 aliphatic carbocycles. The summed E-state index contributed by atoms with van der Waals surface area (Å²) in [6, 6.07) is 78.8. The van der Waals surface area contributed by atoms with Gasteiger partial charge in [0.2, 0.25) is 0 Å². The SMILES string of the molecule is CO[C@H]1O[C@H](CO[C@@H]2O[C@H](COCc3ccccc3)[C@@H](O[C@@H]3O[C@H](COCc4ccccc4)[C@H](O[C@H]4O[C@H](COCc5ccccc5)[C@@H](O)[C@H](O)[C@H]4NCc4ccccc4)[C@H](O)[C@H]3O)[C@H](OCc3ccccc3)[C@H]2N)[C@H](OCc2ccccc2)[C@H](O[C@@H]2O[C@H](COCc3ccccc3)[C@H](O[C@H]3O[C@H](COCc4ccccc4)[C@@H](O)[C@H](O)[C@H]3NCc3ccccc3)[C@H](O)[C@H]2O)[C@H]1N=[N+]=[N-]. The van der Waals surface area contributed by atoms with Crippen molar-refractivity contribution in [1.82, 2.24) is 10.6 Å². The Hall–Kier alpha value is -8.91. The number of nitrogens with two attached hydrogens (primary N) is 1. The van der Waals surface area contributed by atoms with Gasteiger partial charge in [0.1, 0.15) is 128 Å². The molecule has 0 aromatic heterocycles. The first-order valence-electron chi connectivity index (χ1n) is 45.0. The minimum atomic E-state index is -2.00. The quantitative estimate of drug-likeness (QED) is 0.0104. The van der Waals surface area contributed by atoms with Gasteiger partial charge in [0.15, 0.2) is 37.7 Å². The third kappa shape index (κ3) is 26.9. The molecule has 6 saturated heterocycles. The van der Waals surface area contributed by atoms with Crippen LogP contribution in [-0.4, -0.2) is 272 Å². The molecule has 0 unspecified atom stereocenters. The van der Waals surface area contributed by atoms with Crippen molar-refractivity contribution in [2.45, 2.75) is 243 Å². The summed E-state index contributed by atoms with van der Waals surface area (Å²) in [5.74, 6) is 0. The van der Waals surface area contributed by atoms with Crippen LogP contribution in [0.5, 0.6) is 0 Å². The predicted molar refractivity (Wildman–Crippen MR) is 478 cm³/mol. The number of azide groups is 1. The number of hydrogen-bond donors (Lipinski definition) is 11. The molecule has 0 spiro atoms. The van der Waals surface area contributed by atoms with Crippen LogP contribution in [0.25, 0.3) is 10.4 Å². The molecule has 0 bridgehead atoms. The molecule has 33 heteroatoms. The Morgan fingerprint density at radius 1 is 0.286 bits per heavy atom. The van der Waals surface area contributed by atoms with Gasteiger partial charge in [-0.25, -0.2) is 0 Å². The topological polar surface area (TPSA) is 436 Å². The molecule has 30 atom stereocenters. The lowest BCUT2D eigenvalue weighted by molar-refractivity contribution is -0.375. The van der Waals surface area contributed by atoms with Crippen LogP contribution in [0.1, 0.15) is 50.1 Å². The van der Waals surface area contributed by atoms with Gasteiger partial charge in [0.25, 0.3) is 0 Å². The molecule has 0 saturated carbocycles. The second kappa shape index (κ2) is 50.2. The summed E-state index contributed by atoms with van der Waals surface area (Å²) in [4.78, 5) is 3.24. The largest absolute Gasteiger partial charge is 0.388 e. The van der Waals surface area contributed by atoms with Crippen molar-refractivity contribution >= 4 is 0 Å². The number of benzene rings is 9. The molecule has 9 aromatic rings. The molecule has 6 aliphatic rings. The number of aliphatic hydroxyl groups excluding tert-OH is 8. The van der Waals surface area contributed by atoms with E-state index in [0.717, 1.165) is 44.5 Å². The Labute approximate surface area is 772 Å². The Balaban J connectivity index is 0.719. The Bertz CT molecular complexity index is 4850. The third-order valence-electron chi connectivity index (χ3n) is 24.3. The van der Waals surface area contributed by atoms with Gasteiger partial charge in [-0.05, 0) is 55.6 Å². The van der Waals surface area contributed by atoms with Crippen molar-refractivity contribution in [3.63, 3.8) is 0 Å². The Morgan fingerprint density at radius 3 is 0.910 bits per heavy atom. The van der Waals surface area contributed by atoms with Crippen molar-refractivity contribution in [3.8, 4) is 0 Å². The summed E-state index contributed by atoms with van der Waals surface area (Å²) in [6.45, 7) is -1.06. The Kier molecular flexibility index (Phi) is 37.2. The van der Waals surface area contributed by atoms with Crippen molar-refractivity contribution in [1.29, 1.82) is 0 Å². The average Bonchev–Trinajstić information content (AvgIpc) is 0.769. The van der Waals surface area contributed by atoms with Crippen molar-refractivity contribution in [2.75, 3.05) is 46.8 Å². The minimum absolute atomic E-state index is 0.0481. The highest BCUT2D eigenvalue weighted by Crippen LogP contribution is 2.40. The monoisotopic (exact) mass is 1840 g/mol. The first-order chi connectivity index (χ1) is 65.1. The van der Waals surface area contributed by atoms with Gasteiger partial charge in [-0.1, -0.05) is 278 Å². The molecule has 0 radical (unpaired) electrons. The lowest BCUT2D eigenvalue weighted by Crippen LogP contribution is -2.69. The molecule has 0 amide bonds. The second-order valence-corrected chi connectivity index (χ2v) is 33.7. The van der Waals surface area contributed by atoms with Crippen molar-refractivity contribution < 1.29 is 131 Å². The molecule has 6 fully saturated rings. The second-order valence-electron chi connectivity index (χ2n) is 33.7. The smallest absolute Gasteiger partial charge is 0.187 e. The molecule has 133 heavy (non-hydrogen) atoms. The Morgan fingerprint density at radius 2 is 0.564 bits per heavy atom. The van der Waals surface area contributed by atoms with Crippen LogP contribution in [0.3, 0.4) is 0 Å². The highest BCUT2D eigenvalue weighted by atomic mass is 16.8. The van der Waals surface area contributed by atoms with E-state index in [4.69, 9.17) is 95.7 Å². The zero-order valence-electron chi connectivity index (χ0n) is 73.7. The van der Waals surface area contributed by atoms with E-state index in [1.807, 2.05) is 273 Å². The van der Waals surface area contributed by atoms with Crippen LogP contribution < -0.4 is 16.4 Å². The number of nitrogens with one attached hydrogen (secondary N) is 2. The lowest BCUT2D eigenvalue weighted by atomic mass is 9.94. The zero-order valence-corrected chi connectivity index (χ0v) is 73.7.